The van der Waals surface area contributed by atoms with E-state index >= 15 is 0 Å². The molecule has 0 aliphatic carbocycles. The van der Waals surface area contributed by atoms with E-state index in [1.54, 1.807) is 61.7 Å². The Labute approximate surface area is 509 Å². The number of furan rings is 2. The first-order chi connectivity index (χ1) is 39.9. The summed E-state index contributed by atoms with van der Waals surface area (Å²) in [5.74, 6) is 1.81. The topological polar surface area (TPSA) is 113 Å². The third-order valence-electron chi connectivity index (χ3n) is 16.5. The summed E-state index contributed by atoms with van der Waals surface area (Å²) in [6.45, 7) is 24.7. The van der Waals surface area contributed by atoms with E-state index in [1.807, 2.05) is 37.3 Å². The molecule has 2 fully saturated rings. The van der Waals surface area contributed by atoms with E-state index in [-0.39, 0.29) is 17.8 Å². The van der Waals surface area contributed by atoms with Gasteiger partial charge in [-0.15, -0.1) is 45.3 Å². The van der Waals surface area contributed by atoms with Crippen molar-refractivity contribution in [2.24, 2.45) is 0 Å². The number of aliphatic hydroxyl groups is 2. The molecular weight excluding hydrogens is 1120 g/mol. The highest BCUT2D eigenvalue weighted by molar-refractivity contribution is 7.35. The van der Waals surface area contributed by atoms with Crippen LogP contribution >= 0.6 is 45.3 Å². The summed E-state index contributed by atoms with van der Waals surface area (Å²) in [5.41, 5.74) is 5.36. The van der Waals surface area contributed by atoms with Gasteiger partial charge in [-0.2, -0.15) is 0 Å². The number of fused-ring (bicyclic) bond motifs is 12. The summed E-state index contributed by atoms with van der Waals surface area (Å²) >= 11 is 7.07. The molecular formula is C68H69B3O9S4. The summed E-state index contributed by atoms with van der Waals surface area (Å²) in [4.78, 5) is 0. The monoisotopic (exact) mass is 1190 g/mol. The average molecular weight is 1190 g/mol. The largest absolute Gasteiger partial charge is 0.505 e. The summed E-state index contributed by atoms with van der Waals surface area (Å²) in [7, 11) is 3.79. The molecule has 84 heavy (non-hydrogen) atoms. The molecule has 1 atom stereocenters. The van der Waals surface area contributed by atoms with Crippen LogP contribution in [0, 0.1) is 0 Å². The lowest BCUT2D eigenvalue weighted by molar-refractivity contribution is -0.107. The van der Waals surface area contributed by atoms with Crippen LogP contribution < -0.4 is 9.55 Å². The van der Waals surface area contributed by atoms with Gasteiger partial charge in [-0.3, -0.25) is 0 Å². The van der Waals surface area contributed by atoms with Crippen LogP contribution in [0.4, 0.5) is 0 Å². The molecule has 428 valence electrons. The Morgan fingerprint density at radius 3 is 1.32 bits per heavy atom. The smallest absolute Gasteiger partial charge is 0.455 e. The molecule has 0 saturated carbocycles. The second-order valence-corrected chi connectivity index (χ2v) is 28.3. The Balaban J connectivity index is 0.000000155. The SMILES string of the molecule is CC(C)(O)C(C)(C)O.CC1OB(c2cc3c(s2)c2sc(B4OC(C)(C)C(C)(C)O4)cc2c2oc(-c4ccccc4)c(-c4ccccc4)c32)OC1(C)C.[B]OC(C)C.c1ccc(-c2oc3c4ccsc4c4sccc4c3c2-c2ccccc2)cc1. The first-order valence-corrected chi connectivity index (χ1v) is 31.8. The van der Waals surface area contributed by atoms with Gasteiger partial charge in [0.05, 0.1) is 52.9 Å². The molecule has 2 N–H and O–H groups in total. The van der Waals surface area contributed by atoms with Gasteiger partial charge in [0.15, 0.2) is 0 Å². The highest BCUT2D eigenvalue weighted by Gasteiger charge is 2.52. The van der Waals surface area contributed by atoms with Gasteiger partial charge in [-0.1, -0.05) is 121 Å². The lowest BCUT2D eigenvalue weighted by Gasteiger charge is -2.32. The van der Waals surface area contributed by atoms with Crippen molar-refractivity contribution in [2.45, 2.75) is 130 Å². The zero-order chi connectivity index (χ0) is 59.7. The lowest BCUT2D eigenvalue weighted by Crippen LogP contribution is -2.44. The molecule has 2 aliphatic heterocycles. The third kappa shape index (κ3) is 11.3. The maximum Gasteiger partial charge on any atom is 0.505 e. The van der Waals surface area contributed by atoms with Crippen molar-refractivity contribution in [2.75, 3.05) is 0 Å². The van der Waals surface area contributed by atoms with Gasteiger partial charge in [0, 0.05) is 70.2 Å². The van der Waals surface area contributed by atoms with Crippen molar-refractivity contribution >= 4 is 139 Å². The van der Waals surface area contributed by atoms with Gasteiger partial charge in [0.1, 0.15) is 22.7 Å². The van der Waals surface area contributed by atoms with Gasteiger partial charge < -0.3 is 42.3 Å². The van der Waals surface area contributed by atoms with Gasteiger partial charge in [-0.25, -0.2) is 0 Å². The molecule has 6 aromatic heterocycles. The van der Waals surface area contributed by atoms with Crippen LogP contribution in [0.15, 0.2) is 165 Å². The van der Waals surface area contributed by atoms with E-state index in [1.165, 1.54) is 41.4 Å². The van der Waals surface area contributed by atoms with Crippen LogP contribution in [0.2, 0.25) is 0 Å². The van der Waals surface area contributed by atoms with Gasteiger partial charge in [-0.05, 0) is 136 Å². The van der Waals surface area contributed by atoms with Crippen molar-refractivity contribution in [3.8, 4) is 44.9 Å². The molecule has 6 aromatic carbocycles. The Hall–Kier alpha value is -5.85. The third-order valence-corrected chi connectivity index (χ3v) is 21.0. The van der Waals surface area contributed by atoms with Crippen LogP contribution in [-0.2, 0) is 23.3 Å². The van der Waals surface area contributed by atoms with Crippen molar-refractivity contribution in [3.63, 3.8) is 0 Å². The second-order valence-electron chi connectivity index (χ2n) is 24.3. The molecule has 16 heteroatoms. The first kappa shape index (κ1) is 59.9. The predicted octanol–water partition coefficient (Wildman–Crippen LogP) is 17.6. The Morgan fingerprint density at radius 2 is 0.893 bits per heavy atom. The Bertz CT molecular complexity index is 4230. The molecule has 14 rings (SSSR count). The molecule has 2 aliphatic rings. The zero-order valence-corrected chi connectivity index (χ0v) is 53.0. The Kier molecular flexibility index (Phi) is 16.5. The first-order valence-electron chi connectivity index (χ1n) is 28.4. The molecule has 0 bridgehead atoms. The van der Waals surface area contributed by atoms with Gasteiger partial charge in [0.25, 0.3) is 8.05 Å². The van der Waals surface area contributed by atoms with Crippen molar-refractivity contribution < 1.29 is 42.3 Å². The molecule has 12 aromatic rings. The highest BCUT2D eigenvalue weighted by atomic mass is 32.1. The van der Waals surface area contributed by atoms with Crippen molar-refractivity contribution in [3.05, 3.63) is 156 Å². The summed E-state index contributed by atoms with van der Waals surface area (Å²) in [6, 6.07) is 50.9. The van der Waals surface area contributed by atoms with Crippen LogP contribution in [0.5, 0.6) is 0 Å². The van der Waals surface area contributed by atoms with Crippen LogP contribution in [0.25, 0.3) is 107 Å². The summed E-state index contributed by atoms with van der Waals surface area (Å²) in [6.07, 6.45) is 0.142. The molecule has 9 nitrogen and oxygen atoms in total. The van der Waals surface area contributed by atoms with E-state index in [0.717, 1.165) is 75.4 Å². The van der Waals surface area contributed by atoms with E-state index in [0.29, 0.717) is 0 Å². The number of rotatable bonds is 8. The highest BCUT2D eigenvalue weighted by Crippen LogP contribution is 2.52. The second kappa shape index (κ2) is 23.1. The van der Waals surface area contributed by atoms with E-state index in [2.05, 4.69) is 205 Å². The fraction of sp³-hybridized carbons (Fsp3) is 0.294. The minimum absolute atomic E-state index is 0.0204. The van der Waals surface area contributed by atoms with Gasteiger partial charge in [0.2, 0.25) is 0 Å². The van der Waals surface area contributed by atoms with Crippen molar-refractivity contribution in [1.29, 1.82) is 0 Å². The van der Waals surface area contributed by atoms with E-state index < -0.39 is 36.6 Å². The fourth-order valence-corrected chi connectivity index (χ4v) is 14.4. The number of hydrogen-bond donors (Lipinski definition) is 2. The average Bonchev–Trinajstić information content (AvgIpc) is 1.92. The fourth-order valence-electron chi connectivity index (χ4n) is 10.0. The number of benzene rings is 6. The maximum atomic E-state index is 9.10. The molecule has 0 amide bonds. The normalized spacial score (nSPS) is 16.6. The number of thiophene rings is 4. The van der Waals surface area contributed by atoms with Crippen LogP contribution in [-0.4, -0.2) is 72.7 Å². The number of hydrogen-bond acceptors (Lipinski definition) is 13. The van der Waals surface area contributed by atoms with E-state index in [9.17, 15) is 0 Å². The summed E-state index contributed by atoms with van der Waals surface area (Å²) < 4.78 is 50.8. The van der Waals surface area contributed by atoms with Gasteiger partial charge >= 0.3 is 14.2 Å². The lowest BCUT2D eigenvalue weighted by atomic mass is 9.86. The van der Waals surface area contributed by atoms with Crippen LogP contribution in [0.3, 0.4) is 0 Å². The van der Waals surface area contributed by atoms with E-state index in [4.69, 9.17) is 37.7 Å². The minimum atomic E-state index is -1.01. The molecule has 1 unspecified atom stereocenters. The molecule has 2 radical (unpaired) electrons. The minimum Gasteiger partial charge on any atom is -0.455 e. The quantitative estimate of drug-likeness (QED) is 0.144. The Morgan fingerprint density at radius 1 is 0.512 bits per heavy atom. The standard InChI is InChI=1S/C35H34B2O5S2.C24H14OS2.C6H14O2.C3H7BO/c1-20-33(2,3)40-36(39-20)25-18-23-28-27(21-14-10-8-11-15-21)29(22-16-12-9-13-17-22)38-30(28)24-19-26(44-32(24)31(23)43-25)37-41-34(4,5)35(6,7)42-37;1-3-7-15(8-4-1)19-20-17-11-13-26-23(17)24-18(12-14-27-24)22(20)25-21(19)16-9-5-2-6-10-16;1-5(2,7)6(3,4)8;1-3(2)5-4/h8-20H,1-7H3;1-14H;7-8H,1-4H3;3H,1-2H3. The van der Waals surface area contributed by atoms with Crippen LogP contribution in [0.1, 0.15) is 90.0 Å². The summed E-state index contributed by atoms with van der Waals surface area (Å²) in [5, 5.41) is 29.6. The predicted molar refractivity (Wildman–Crippen MR) is 357 cm³/mol. The maximum absolute atomic E-state index is 9.10. The molecule has 2 saturated heterocycles. The molecule has 0 spiro atoms. The zero-order valence-electron chi connectivity index (χ0n) is 49.8. The van der Waals surface area contributed by atoms with Crippen molar-refractivity contribution in [1.82, 2.24) is 0 Å². The molecule has 8 heterocycles.